The van der Waals surface area contributed by atoms with Gasteiger partial charge >= 0.3 is 0 Å². The zero-order chi connectivity index (χ0) is 10.8. The van der Waals surface area contributed by atoms with Crippen LogP contribution in [0.4, 0.5) is 8.78 Å². The van der Waals surface area contributed by atoms with Crippen molar-refractivity contribution in [3.8, 4) is 0 Å². The summed E-state index contributed by atoms with van der Waals surface area (Å²) < 4.78 is 25.9. The molecule has 15 heavy (non-hydrogen) atoms. The number of hydrogen-bond acceptors (Lipinski definition) is 1. The normalized spacial score (nSPS) is 18.6. The smallest absolute Gasteiger partial charge is 0.126 e. The van der Waals surface area contributed by atoms with Gasteiger partial charge in [0.1, 0.15) is 11.6 Å². The Hall–Kier alpha value is -0.960. The van der Waals surface area contributed by atoms with Crippen molar-refractivity contribution in [2.75, 3.05) is 0 Å². The first kappa shape index (κ1) is 10.6. The highest BCUT2D eigenvalue weighted by molar-refractivity contribution is 5.21. The molecule has 1 nitrogen and oxygen atoms in total. The molecule has 0 spiro atoms. The molecule has 3 heteroatoms. The van der Waals surface area contributed by atoms with Crippen LogP contribution in [0.1, 0.15) is 37.3 Å². The summed E-state index contributed by atoms with van der Waals surface area (Å²) in [6.45, 7) is 0. The van der Waals surface area contributed by atoms with Crippen molar-refractivity contribution in [3.63, 3.8) is 0 Å². The fraction of sp³-hybridized carbons (Fsp3) is 0.500. The van der Waals surface area contributed by atoms with Gasteiger partial charge in [-0.1, -0.05) is 19.3 Å². The minimum absolute atomic E-state index is 0.236. The van der Waals surface area contributed by atoms with Gasteiger partial charge < -0.3 is 5.73 Å². The van der Waals surface area contributed by atoms with E-state index >= 15 is 0 Å². The molecule has 0 amide bonds. The van der Waals surface area contributed by atoms with Crippen LogP contribution in [0.3, 0.4) is 0 Å². The second kappa shape index (κ2) is 4.27. The highest BCUT2D eigenvalue weighted by Gasteiger charge is 2.21. The Kier molecular flexibility index (Phi) is 3.00. The van der Waals surface area contributed by atoms with Crippen LogP contribution in [0.25, 0.3) is 0 Å². The van der Waals surface area contributed by atoms with E-state index in [4.69, 9.17) is 5.73 Å². The second-order valence-corrected chi connectivity index (χ2v) is 4.34. The molecule has 1 saturated carbocycles. The fourth-order valence-corrected chi connectivity index (χ4v) is 2.01. The number of rotatable bonds is 3. The molecule has 0 radical (unpaired) electrons. The van der Waals surface area contributed by atoms with Crippen molar-refractivity contribution in [3.05, 3.63) is 35.4 Å². The standard InChI is InChI=1S/C12H15F2N/c13-10-5-9(6-11(14)7-10)12(15)4-8-2-1-3-8/h5-8,12H,1-4,15H2. The van der Waals surface area contributed by atoms with Crippen LogP contribution in [0, 0.1) is 17.6 Å². The zero-order valence-electron chi connectivity index (χ0n) is 8.55. The third-order valence-electron chi connectivity index (χ3n) is 3.13. The van der Waals surface area contributed by atoms with Gasteiger partial charge in [-0.2, -0.15) is 0 Å². The topological polar surface area (TPSA) is 26.0 Å². The minimum atomic E-state index is -0.547. The van der Waals surface area contributed by atoms with Crippen molar-refractivity contribution in [2.24, 2.45) is 11.7 Å². The van der Waals surface area contributed by atoms with E-state index in [0.717, 1.165) is 12.5 Å². The molecule has 1 atom stereocenters. The fourth-order valence-electron chi connectivity index (χ4n) is 2.01. The van der Waals surface area contributed by atoms with E-state index < -0.39 is 11.6 Å². The van der Waals surface area contributed by atoms with E-state index in [9.17, 15) is 8.78 Å². The minimum Gasteiger partial charge on any atom is -0.324 e. The molecule has 1 aromatic rings. The summed E-state index contributed by atoms with van der Waals surface area (Å²) in [7, 11) is 0. The van der Waals surface area contributed by atoms with Crippen LogP contribution in [-0.4, -0.2) is 0 Å². The highest BCUT2D eigenvalue weighted by Crippen LogP contribution is 2.33. The number of benzene rings is 1. The Morgan fingerprint density at radius 2 is 1.80 bits per heavy atom. The van der Waals surface area contributed by atoms with Crippen LogP contribution in [0.5, 0.6) is 0 Å². The molecule has 0 aliphatic heterocycles. The molecular formula is C12H15F2N. The first-order valence-electron chi connectivity index (χ1n) is 5.37. The van der Waals surface area contributed by atoms with E-state index in [-0.39, 0.29) is 6.04 Å². The van der Waals surface area contributed by atoms with Gasteiger partial charge in [0.15, 0.2) is 0 Å². The Morgan fingerprint density at radius 1 is 1.20 bits per heavy atom. The quantitative estimate of drug-likeness (QED) is 0.816. The Morgan fingerprint density at radius 3 is 2.27 bits per heavy atom. The lowest BCUT2D eigenvalue weighted by atomic mass is 9.80. The van der Waals surface area contributed by atoms with E-state index in [0.29, 0.717) is 11.5 Å². The molecule has 1 aromatic carbocycles. The maximum atomic E-state index is 12.9. The van der Waals surface area contributed by atoms with Crippen LogP contribution in [0.15, 0.2) is 18.2 Å². The molecule has 1 aliphatic carbocycles. The summed E-state index contributed by atoms with van der Waals surface area (Å²) in [6.07, 6.45) is 4.49. The SMILES string of the molecule is NC(CC1CCC1)c1cc(F)cc(F)c1. The summed E-state index contributed by atoms with van der Waals surface area (Å²) >= 11 is 0. The van der Waals surface area contributed by atoms with Gasteiger partial charge in [0.05, 0.1) is 0 Å². The van der Waals surface area contributed by atoms with Crippen LogP contribution in [0.2, 0.25) is 0 Å². The summed E-state index contributed by atoms with van der Waals surface area (Å²) in [5.41, 5.74) is 6.48. The predicted octanol–water partition coefficient (Wildman–Crippen LogP) is 3.15. The average molecular weight is 211 g/mol. The van der Waals surface area contributed by atoms with Gasteiger partial charge in [-0.15, -0.1) is 0 Å². The molecule has 2 rings (SSSR count). The predicted molar refractivity (Wildman–Crippen MR) is 55.2 cm³/mol. The maximum absolute atomic E-state index is 12.9. The molecule has 2 N–H and O–H groups in total. The average Bonchev–Trinajstić information content (AvgIpc) is 2.09. The van der Waals surface area contributed by atoms with E-state index in [1.54, 1.807) is 0 Å². The summed E-state index contributed by atoms with van der Waals surface area (Å²) in [4.78, 5) is 0. The molecule has 0 saturated heterocycles. The van der Waals surface area contributed by atoms with Gasteiger partial charge in [-0.05, 0) is 30.0 Å². The molecule has 1 aliphatic rings. The number of halogens is 2. The maximum Gasteiger partial charge on any atom is 0.126 e. The van der Waals surface area contributed by atoms with Crippen LogP contribution in [-0.2, 0) is 0 Å². The first-order chi connectivity index (χ1) is 7.15. The van der Waals surface area contributed by atoms with Crippen LogP contribution >= 0.6 is 0 Å². The van der Waals surface area contributed by atoms with Crippen molar-refractivity contribution in [1.29, 1.82) is 0 Å². The molecule has 0 aromatic heterocycles. The first-order valence-corrected chi connectivity index (χ1v) is 5.37. The number of hydrogen-bond donors (Lipinski definition) is 1. The van der Waals surface area contributed by atoms with Crippen molar-refractivity contribution in [2.45, 2.75) is 31.7 Å². The third-order valence-corrected chi connectivity index (χ3v) is 3.13. The monoisotopic (exact) mass is 211 g/mol. The van der Waals surface area contributed by atoms with Gasteiger partial charge in [0.2, 0.25) is 0 Å². The summed E-state index contributed by atoms with van der Waals surface area (Å²) in [5, 5.41) is 0. The van der Waals surface area contributed by atoms with Gasteiger partial charge in [-0.25, -0.2) is 8.78 Å². The van der Waals surface area contributed by atoms with Crippen molar-refractivity contribution < 1.29 is 8.78 Å². The van der Waals surface area contributed by atoms with Crippen molar-refractivity contribution in [1.82, 2.24) is 0 Å². The lowest BCUT2D eigenvalue weighted by Crippen LogP contribution is -2.20. The van der Waals surface area contributed by atoms with Crippen molar-refractivity contribution >= 4 is 0 Å². The highest BCUT2D eigenvalue weighted by atomic mass is 19.1. The third kappa shape index (κ3) is 2.53. The van der Waals surface area contributed by atoms with E-state index in [2.05, 4.69) is 0 Å². The van der Waals surface area contributed by atoms with E-state index in [1.807, 2.05) is 0 Å². The lowest BCUT2D eigenvalue weighted by Gasteiger charge is -2.28. The zero-order valence-corrected chi connectivity index (χ0v) is 8.55. The molecular weight excluding hydrogens is 196 g/mol. The van der Waals surface area contributed by atoms with E-state index in [1.165, 1.54) is 31.4 Å². The Balaban J connectivity index is 2.06. The Labute approximate surface area is 88.3 Å². The molecule has 0 bridgehead atoms. The molecule has 1 fully saturated rings. The summed E-state index contributed by atoms with van der Waals surface area (Å²) in [5.74, 6) is -0.450. The molecule has 82 valence electrons. The van der Waals surface area contributed by atoms with Gasteiger partial charge in [0, 0.05) is 12.1 Å². The second-order valence-electron chi connectivity index (χ2n) is 4.34. The summed E-state index contributed by atoms with van der Waals surface area (Å²) in [6, 6.07) is 3.29. The largest absolute Gasteiger partial charge is 0.324 e. The van der Waals surface area contributed by atoms with Gasteiger partial charge in [-0.3, -0.25) is 0 Å². The number of nitrogens with two attached hydrogens (primary N) is 1. The lowest BCUT2D eigenvalue weighted by molar-refractivity contribution is 0.277. The van der Waals surface area contributed by atoms with Crippen LogP contribution < -0.4 is 5.73 Å². The molecule has 0 heterocycles. The molecule has 1 unspecified atom stereocenters. The Bertz CT molecular complexity index is 327. The van der Waals surface area contributed by atoms with Gasteiger partial charge in [0.25, 0.3) is 0 Å².